The molecule has 490 valence electrons. The minimum absolute atomic E-state index is 0.0904. The van der Waals surface area contributed by atoms with Crippen molar-refractivity contribution in [2.75, 3.05) is 20.4 Å². The first kappa shape index (κ1) is 73.2. The van der Waals surface area contributed by atoms with Crippen molar-refractivity contribution in [3.05, 3.63) is 242 Å². The van der Waals surface area contributed by atoms with Crippen LogP contribution in [0.2, 0.25) is 0 Å². The third-order valence-electron chi connectivity index (χ3n) is 12.2. The van der Waals surface area contributed by atoms with E-state index in [1.54, 1.807) is 66.7 Å². The Labute approximate surface area is 544 Å². The van der Waals surface area contributed by atoms with Crippen LogP contribution in [0.4, 0.5) is 23.2 Å². The summed E-state index contributed by atoms with van der Waals surface area (Å²) in [6, 6.07) is 38.5. The molecule has 7 aromatic carbocycles. The predicted molar refractivity (Wildman–Crippen MR) is 341 cm³/mol. The second kappa shape index (κ2) is 35.8. The van der Waals surface area contributed by atoms with Gasteiger partial charge >= 0.3 is 54.3 Å². The van der Waals surface area contributed by atoms with Crippen LogP contribution >= 0.6 is 0 Å². The van der Waals surface area contributed by atoms with Crippen LogP contribution in [0.3, 0.4) is 0 Å². The molecule has 0 aromatic heterocycles. The van der Waals surface area contributed by atoms with E-state index >= 15 is 0 Å². The molecule has 0 atom stereocenters. The van der Waals surface area contributed by atoms with Gasteiger partial charge in [-0.1, -0.05) is 106 Å². The summed E-state index contributed by atoms with van der Waals surface area (Å²) in [4.78, 5) is 103. The summed E-state index contributed by atoms with van der Waals surface area (Å²) in [5, 5.41) is 0. The Balaban J connectivity index is 0.000000271. The molecule has 0 spiro atoms. The van der Waals surface area contributed by atoms with Gasteiger partial charge in [0.2, 0.25) is 20.4 Å². The summed E-state index contributed by atoms with van der Waals surface area (Å²) in [7, 11) is 0. The molecule has 7 rings (SSSR count). The maximum atomic E-state index is 14.2. The Kier molecular flexibility index (Phi) is 27.6. The Morgan fingerprint density at radius 2 is 0.653 bits per heavy atom. The summed E-state index contributed by atoms with van der Waals surface area (Å²) in [6.45, 7) is 28.3. The molecule has 7 aromatic rings. The number of hydrogen-bond donors (Lipinski definition) is 0. The van der Waals surface area contributed by atoms with E-state index in [-0.39, 0.29) is 51.0 Å². The molecule has 0 saturated carbocycles. The fourth-order valence-electron chi connectivity index (χ4n) is 7.46. The van der Waals surface area contributed by atoms with Crippen molar-refractivity contribution >= 4 is 54.3 Å². The minimum Gasteiger partial charge on any atom is -0.424 e. The number of carbonyl (C=O) groups excluding carboxylic acids is 9. The van der Waals surface area contributed by atoms with Crippen LogP contribution in [0, 0.1) is 25.5 Å². The fourth-order valence-corrected chi connectivity index (χ4v) is 7.46. The monoisotopic (exact) mass is 1300 g/mol. The maximum Gasteiger partial charge on any atom is 0.516 e. The summed E-state index contributed by atoms with van der Waals surface area (Å²) >= 11 is 0. The Bertz CT molecular complexity index is 3960. The first-order chi connectivity index (χ1) is 45.1. The van der Waals surface area contributed by atoms with Crippen LogP contribution in [0.15, 0.2) is 220 Å². The summed E-state index contributed by atoms with van der Waals surface area (Å²) in [6.07, 6.45) is -1.03. The smallest absolute Gasteiger partial charge is 0.424 e. The zero-order chi connectivity index (χ0) is 69.9. The topological polar surface area (TPSA) is 264 Å². The average Bonchev–Trinajstić information content (AvgIpc) is 0.847. The first-order valence-electron chi connectivity index (χ1n) is 27.8. The van der Waals surface area contributed by atoms with Crippen molar-refractivity contribution in [3.63, 3.8) is 0 Å². The van der Waals surface area contributed by atoms with Crippen LogP contribution in [-0.4, -0.2) is 74.7 Å². The highest BCUT2D eigenvalue weighted by molar-refractivity contribution is 5.90. The lowest BCUT2D eigenvalue weighted by Gasteiger charge is -2.14. The number of carbonyl (C=O) groups is 9. The molecule has 95 heavy (non-hydrogen) atoms. The number of ether oxygens (including phenoxy) is 12. The van der Waals surface area contributed by atoms with Gasteiger partial charge in [-0.05, 0) is 164 Å². The van der Waals surface area contributed by atoms with E-state index in [1.165, 1.54) is 64.1 Å². The van der Waals surface area contributed by atoms with Gasteiger partial charge in [-0.2, -0.15) is 0 Å². The van der Waals surface area contributed by atoms with Gasteiger partial charge in [0.25, 0.3) is 0 Å². The van der Waals surface area contributed by atoms with E-state index in [0.717, 1.165) is 51.6 Å². The van der Waals surface area contributed by atoms with Crippen LogP contribution in [0.5, 0.6) is 34.5 Å². The van der Waals surface area contributed by atoms with E-state index < -0.39 is 86.3 Å². The normalized spacial score (nSPS) is 10.0. The van der Waals surface area contributed by atoms with Crippen molar-refractivity contribution in [3.8, 4) is 79.0 Å². The highest BCUT2D eigenvalue weighted by atomic mass is 19.1. The fraction of sp³-hybridized carbons (Fsp3) is 0.125. The Morgan fingerprint density at radius 3 is 0.989 bits per heavy atom. The second-order valence-corrected chi connectivity index (χ2v) is 19.8. The lowest BCUT2D eigenvalue weighted by atomic mass is 9.92. The zero-order valence-corrected chi connectivity index (χ0v) is 52.2. The molecule has 0 fully saturated rings. The molecule has 23 heteroatoms. The van der Waals surface area contributed by atoms with Crippen molar-refractivity contribution in [2.24, 2.45) is 0 Å². The molecule has 0 saturated heterocycles. The average molecular weight is 1300 g/mol. The first-order valence-corrected chi connectivity index (χ1v) is 27.8. The second-order valence-electron chi connectivity index (χ2n) is 19.8. The maximum absolute atomic E-state index is 14.2. The lowest BCUT2D eigenvalue weighted by molar-refractivity contribution is -0.148. The Morgan fingerprint density at radius 1 is 0.337 bits per heavy atom. The van der Waals surface area contributed by atoms with Crippen molar-refractivity contribution in [2.45, 2.75) is 41.5 Å². The molecule has 0 radical (unpaired) electrons. The van der Waals surface area contributed by atoms with Gasteiger partial charge in [-0.15, -0.1) is 0 Å². The van der Waals surface area contributed by atoms with E-state index in [0.29, 0.717) is 28.0 Å². The molecule has 0 bridgehead atoms. The van der Waals surface area contributed by atoms with Crippen molar-refractivity contribution in [1.29, 1.82) is 0 Å². The highest BCUT2D eigenvalue weighted by Gasteiger charge is 2.17. The van der Waals surface area contributed by atoms with Gasteiger partial charge in [0, 0.05) is 46.1 Å². The number of hydrogen-bond acceptors (Lipinski definition) is 21. The van der Waals surface area contributed by atoms with E-state index in [2.05, 4.69) is 61.1 Å². The van der Waals surface area contributed by atoms with Crippen LogP contribution < -0.4 is 28.4 Å². The molecule has 0 N–H and O–H groups in total. The molecule has 0 aliphatic heterocycles. The molecule has 0 heterocycles. The van der Waals surface area contributed by atoms with Crippen LogP contribution in [-0.2, 0) is 57.2 Å². The predicted octanol–water partition coefficient (Wildman–Crippen LogP) is 15.1. The molecular formula is C72H62F2O21. The number of esters is 6. The number of aryl methyl sites for hydroxylation is 2. The summed E-state index contributed by atoms with van der Waals surface area (Å²) in [5.74, 6) is -4.34. The number of rotatable bonds is 22. The highest BCUT2D eigenvalue weighted by Crippen LogP contribution is 2.34. The SMILES string of the molecule is C=C(C)C(=O)OCOC(=O)Oc1ccc(-c2cc(C)c(-c3ccc(OC(=O)OCOC(=O)C(=C)C)cc3)cc2C)cc1.C=C(C)C(=O)OCOC(=O)Oc1ccc(-c2ccc(OC(=O)C(=C)C)c(F)c2)cc1.C=CC(=O)Oc1ccc(-c2ccc(OC(=O)C=C)cc2F)cc1. The van der Waals surface area contributed by atoms with Gasteiger partial charge < -0.3 is 56.8 Å². The molecule has 21 nitrogen and oxygen atoms in total. The third-order valence-corrected chi connectivity index (χ3v) is 12.2. The quantitative estimate of drug-likeness (QED) is 0.0152. The molecular weight excluding hydrogens is 1240 g/mol. The van der Waals surface area contributed by atoms with Crippen molar-refractivity contribution < 1.29 is 109 Å². The van der Waals surface area contributed by atoms with E-state index in [9.17, 15) is 51.9 Å². The molecule has 0 amide bonds. The zero-order valence-electron chi connectivity index (χ0n) is 52.2. The third kappa shape index (κ3) is 23.7. The summed E-state index contributed by atoms with van der Waals surface area (Å²) in [5.41, 5.74) is 8.58. The largest absolute Gasteiger partial charge is 0.516 e. The standard InChI is InChI=1S/C32H30O10.C22H19FO7.C18H13FO4/c1-19(2)29(33)37-17-39-31(35)41-25-11-7-23(8-12-25)27-15-22(6)28(16-21(27)5)24-9-13-26(14-10-24)42-32(36)40-18-38-30(34)20(3)4;1-13(2)20(24)27-12-28-22(26)29-17-8-5-15(6-9-17)16-7-10-19(18(23)11-16)30-21(25)14(3)4;1-3-17(20)22-13-7-5-12(6-8-13)15-10-9-14(11-16(15)19)23-18(21)4-2/h7-16H,1,3,17-18H2,2,4-6H3;5-11H,1,3,12H2,2,4H3;3-11H,1-2H2. The van der Waals surface area contributed by atoms with Gasteiger partial charge in [-0.25, -0.2) is 51.9 Å². The minimum atomic E-state index is -1.06. The number of halogens is 2. The van der Waals surface area contributed by atoms with Gasteiger partial charge in [0.1, 0.15) is 34.6 Å². The van der Waals surface area contributed by atoms with Gasteiger partial charge in [-0.3, -0.25) is 0 Å². The molecule has 0 unspecified atom stereocenters. The molecule has 0 aliphatic rings. The molecule has 0 aliphatic carbocycles. The van der Waals surface area contributed by atoms with Crippen LogP contribution in [0.25, 0.3) is 44.5 Å². The summed E-state index contributed by atoms with van der Waals surface area (Å²) < 4.78 is 86.3. The van der Waals surface area contributed by atoms with Crippen LogP contribution in [0.1, 0.15) is 38.8 Å². The van der Waals surface area contributed by atoms with Crippen molar-refractivity contribution in [1.82, 2.24) is 0 Å². The lowest BCUT2D eigenvalue weighted by Crippen LogP contribution is -2.16. The van der Waals surface area contributed by atoms with E-state index in [4.69, 9.17) is 47.4 Å². The van der Waals surface area contributed by atoms with E-state index in [1.807, 2.05) is 38.1 Å². The number of benzene rings is 7. The van der Waals surface area contributed by atoms with Gasteiger partial charge in [0.05, 0.1) is 0 Å². The van der Waals surface area contributed by atoms with Gasteiger partial charge in [0.15, 0.2) is 11.6 Å². The Hall–Kier alpha value is -12.5.